The normalized spacial score (nSPS) is 37.7. The Kier molecular flexibility index (Phi) is 7.70. The largest absolute Gasteiger partial charge is 0.493 e. The average Bonchev–Trinajstić information content (AvgIpc) is 3.29. The van der Waals surface area contributed by atoms with Crippen LogP contribution in [0.5, 0.6) is 11.5 Å². The van der Waals surface area contributed by atoms with Gasteiger partial charge in [-0.3, -0.25) is 14.4 Å². The highest BCUT2D eigenvalue weighted by atomic mass is 32.2. The number of methoxy groups -OCH3 is 1. The van der Waals surface area contributed by atoms with Gasteiger partial charge in [0.2, 0.25) is 0 Å². The van der Waals surface area contributed by atoms with Gasteiger partial charge in [0.1, 0.15) is 17.6 Å². The van der Waals surface area contributed by atoms with Crippen molar-refractivity contribution in [2.45, 2.75) is 86.3 Å². The first-order valence-corrected chi connectivity index (χ1v) is 15.2. The second-order valence-electron chi connectivity index (χ2n) is 11.7. The van der Waals surface area contributed by atoms with E-state index >= 15 is 0 Å². The summed E-state index contributed by atoms with van der Waals surface area (Å²) in [5.74, 6) is -0.193. The van der Waals surface area contributed by atoms with Crippen molar-refractivity contribution >= 4 is 29.7 Å². The minimum Gasteiger partial charge on any atom is -0.493 e. The maximum Gasteiger partial charge on any atom is 0.303 e. The van der Waals surface area contributed by atoms with Crippen LogP contribution < -0.4 is 9.47 Å². The molecule has 5 aliphatic rings. The fourth-order valence-corrected chi connectivity index (χ4v) is 9.26. The molecule has 1 spiro atoms. The molecule has 1 aromatic rings. The second kappa shape index (κ2) is 11.0. The molecule has 1 aromatic carbocycles. The van der Waals surface area contributed by atoms with Crippen molar-refractivity contribution in [1.29, 1.82) is 0 Å². The minimum absolute atomic E-state index is 0.239. The smallest absolute Gasteiger partial charge is 0.303 e. The van der Waals surface area contributed by atoms with E-state index in [9.17, 15) is 19.5 Å². The number of benzene rings is 1. The zero-order valence-electron chi connectivity index (χ0n) is 24.3. The molecule has 0 radical (unpaired) electrons. The molecular formula is C30H37NO10S. The van der Waals surface area contributed by atoms with Crippen LogP contribution in [0.15, 0.2) is 24.3 Å². The van der Waals surface area contributed by atoms with Crippen molar-refractivity contribution in [3.8, 4) is 11.5 Å². The molecule has 2 saturated heterocycles. The number of likely N-dealkylation sites (N-methyl/N-ethyl adjacent to an activating group) is 1. The number of hydrogen-bond donors (Lipinski definition) is 1. The van der Waals surface area contributed by atoms with Crippen LogP contribution in [0.4, 0.5) is 0 Å². The molecule has 42 heavy (non-hydrogen) atoms. The number of carbonyl (C=O) groups is 3. The van der Waals surface area contributed by atoms with E-state index in [2.05, 4.69) is 30.2 Å². The molecule has 0 saturated carbocycles. The number of aliphatic hydroxyl groups is 1. The lowest BCUT2D eigenvalue weighted by atomic mass is 9.53. The molecule has 6 rings (SSSR count). The summed E-state index contributed by atoms with van der Waals surface area (Å²) >= 11 is 1.39. The number of ether oxygens (including phenoxy) is 6. The number of nitrogens with zero attached hydrogens (tertiary/aromatic N) is 1. The van der Waals surface area contributed by atoms with E-state index in [0.717, 1.165) is 25.1 Å². The van der Waals surface area contributed by atoms with Crippen LogP contribution in [0, 0.1) is 5.92 Å². The van der Waals surface area contributed by atoms with Gasteiger partial charge in [-0.25, -0.2) is 0 Å². The highest BCUT2D eigenvalue weighted by Gasteiger charge is 2.65. The Morgan fingerprint density at radius 3 is 2.40 bits per heavy atom. The molecule has 3 heterocycles. The number of carbonyl (C=O) groups excluding carboxylic acids is 3. The summed E-state index contributed by atoms with van der Waals surface area (Å²) in [6.07, 6.45) is 1.48. The number of thioether (sulfide) groups is 1. The first-order valence-electron chi connectivity index (χ1n) is 14.3. The third kappa shape index (κ3) is 4.58. The van der Waals surface area contributed by atoms with Crippen LogP contribution >= 0.6 is 11.8 Å². The van der Waals surface area contributed by atoms with E-state index in [1.807, 2.05) is 6.07 Å². The van der Waals surface area contributed by atoms with Gasteiger partial charge in [-0.15, -0.1) is 11.8 Å². The highest BCUT2D eigenvalue weighted by Crippen LogP contribution is 2.63. The standard InChI is InChI=1S/C30H37NO10S/c1-14(33)37-25-21(13-32)40-29(27(39-16(3)35)26(25)38-15(2)34)42-22-9-7-18-19-12-17-6-8-20(36-5)24-23(17)30(18,28(22)41-24)10-11-31(19)4/h6-9,18-19,21-22,25-29,32H,10-13H2,1-5H3/t18-,19+,21?,22?,25?,26?,27?,28-,29?,30-/m0/s1. The van der Waals surface area contributed by atoms with E-state index in [4.69, 9.17) is 28.4 Å². The van der Waals surface area contributed by atoms with Gasteiger partial charge in [-0.05, 0) is 38.1 Å². The molecule has 12 heteroatoms. The van der Waals surface area contributed by atoms with Gasteiger partial charge in [0.15, 0.2) is 29.8 Å². The van der Waals surface area contributed by atoms with Crippen molar-refractivity contribution in [2.75, 3.05) is 27.3 Å². The topological polar surface area (TPSA) is 130 Å². The summed E-state index contributed by atoms with van der Waals surface area (Å²) in [7, 11) is 3.82. The number of hydrogen-bond acceptors (Lipinski definition) is 12. The third-order valence-corrected chi connectivity index (χ3v) is 10.7. The third-order valence-electron chi connectivity index (χ3n) is 9.30. The Bertz CT molecular complexity index is 1300. The molecule has 228 valence electrons. The van der Waals surface area contributed by atoms with Gasteiger partial charge >= 0.3 is 17.9 Å². The average molecular weight is 604 g/mol. The number of esters is 3. The Hall–Kier alpha value is -2.80. The Morgan fingerprint density at radius 2 is 1.74 bits per heavy atom. The fraction of sp³-hybridized carbons (Fsp3) is 0.633. The van der Waals surface area contributed by atoms with Gasteiger partial charge in [0.25, 0.3) is 0 Å². The van der Waals surface area contributed by atoms with Crippen LogP contribution in [-0.2, 0) is 45.2 Å². The van der Waals surface area contributed by atoms with Crippen LogP contribution in [0.25, 0.3) is 0 Å². The van der Waals surface area contributed by atoms with Gasteiger partial charge in [-0.2, -0.15) is 0 Å². The van der Waals surface area contributed by atoms with Crippen molar-refractivity contribution in [3.05, 3.63) is 35.4 Å². The summed E-state index contributed by atoms with van der Waals surface area (Å²) in [4.78, 5) is 38.8. The SMILES string of the molecule is COc1ccc2c3c1O[C@H]1C(SC4OC(CO)C(OC(C)=O)C(OC(C)=O)C4OC(C)=O)C=C[C@H]4[C@@H](C2)N(C)CC[C@]314. The summed E-state index contributed by atoms with van der Waals surface area (Å²) in [5, 5.41) is 9.98. The van der Waals surface area contributed by atoms with Crippen LogP contribution in [0.2, 0.25) is 0 Å². The van der Waals surface area contributed by atoms with E-state index in [-0.39, 0.29) is 22.7 Å². The molecule has 0 amide bonds. The summed E-state index contributed by atoms with van der Waals surface area (Å²) in [5.41, 5.74) is 1.34. The predicted molar refractivity (Wildman–Crippen MR) is 150 cm³/mol. The van der Waals surface area contributed by atoms with E-state index in [1.54, 1.807) is 7.11 Å². The molecule has 6 unspecified atom stereocenters. The maximum absolute atomic E-state index is 12.3. The molecule has 2 bridgehead atoms. The molecule has 1 N–H and O–H groups in total. The fourth-order valence-electron chi connectivity index (χ4n) is 7.75. The lowest BCUT2D eigenvalue weighted by Crippen LogP contribution is -2.65. The lowest BCUT2D eigenvalue weighted by Gasteiger charge is -2.57. The number of rotatable bonds is 7. The van der Waals surface area contributed by atoms with Crippen LogP contribution in [0.3, 0.4) is 0 Å². The van der Waals surface area contributed by atoms with E-state index in [0.29, 0.717) is 11.8 Å². The Morgan fingerprint density at radius 1 is 1.05 bits per heavy atom. The predicted octanol–water partition coefficient (Wildman–Crippen LogP) is 1.75. The summed E-state index contributed by atoms with van der Waals surface area (Å²) in [6.45, 7) is 4.09. The van der Waals surface area contributed by atoms with Crippen LogP contribution in [-0.4, -0.2) is 102 Å². The van der Waals surface area contributed by atoms with Crippen molar-refractivity contribution in [1.82, 2.24) is 4.90 Å². The van der Waals surface area contributed by atoms with Crippen molar-refractivity contribution < 1.29 is 47.9 Å². The number of piperidine rings is 1. The summed E-state index contributed by atoms with van der Waals surface area (Å²) < 4.78 is 35.6. The highest BCUT2D eigenvalue weighted by molar-refractivity contribution is 8.00. The van der Waals surface area contributed by atoms with Gasteiger partial charge in [-0.1, -0.05) is 18.2 Å². The zero-order valence-corrected chi connectivity index (χ0v) is 25.1. The van der Waals surface area contributed by atoms with E-state index < -0.39 is 54.4 Å². The monoisotopic (exact) mass is 603 g/mol. The molecule has 0 aromatic heterocycles. The quantitative estimate of drug-likeness (QED) is 0.277. The van der Waals surface area contributed by atoms with Crippen LogP contribution in [0.1, 0.15) is 38.3 Å². The molecule has 2 aliphatic carbocycles. The van der Waals surface area contributed by atoms with Gasteiger partial charge < -0.3 is 38.4 Å². The van der Waals surface area contributed by atoms with Gasteiger partial charge in [0.05, 0.1) is 19.0 Å². The van der Waals surface area contributed by atoms with Crippen molar-refractivity contribution in [3.63, 3.8) is 0 Å². The van der Waals surface area contributed by atoms with Crippen molar-refractivity contribution in [2.24, 2.45) is 5.92 Å². The first-order chi connectivity index (χ1) is 20.1. The molecule has 10 atom stereocenters. The zero-order chi connectivity index (χ0) is 29.9. The molecule has 3 aliphatic heterocycles. The molecular weight excluding hydrogens is 566 g/mol. The maximum atomic E-state index is 12.3. The molecule has 11 nitrogen and oxygen atoms in total. The summed E-state index contributed by atoms with van der Waals surface area (Å²) in [6, 6.07) is 4.45. The Labute approximate surface area is 248 Å². The lowest BCUT2D eigenvalue weighted by molar-refractivity contribution is -0.236. The number of aliphatic hydroxyl groups excluding tert-OH is 1. The van der Waals surface area contributed by atoms with Gasteiger partial charge in [0, 0.05) is 43.7 Å². The molecule has 2 fully saturated rings. The number of likely N-dealkylation sites (tertiary alicyclic amines) is 1. The second-order valence-corrected chi connectivity index (χ2v) is 13.0. The van der Waals surface area contributed by atoms with E-state index in [1.165, 1.54) is 43.7 Å². The first kappa shape index (κ1) is 29.3. The Balaban J connectivity index is 1.39. The minimum atomic E-state index is -1.19.